The fourth-order valence-corrected chi connectivity index (χ4v) is 2.40. The van der Waals surface area contributed by atoms with Crippen molar-refractivity contribution in [3.05, 3.63) is 66.8 Å². The van der Waals surface area contributed by atoms with Gasteiger partial charge in [-0.2, -0.15) is 0 Å². The normalized spacial score (nSPS) is 12.5. The molecule has 0 aliphatic heterocycles. The molecule has 1 N–H and O–H groups in total. The van der Waals surface area contributed by atoms with Crippen LogP contribution in [0.4, 0.5) is 4.39 Å². The van der Waals surface area contributed by atoms with Gasteiger partial charge in [0, 0.05) is 10.0 Å². The zero-order chi connectivity index (χ0) is 14.2. The van der Waals surface area contributed by atoms with Crippen LogP contribution >= 0.6 is 50.7 Å². The molecule has 2 rings (SSSR count). The van der Waals surface area contributed by atoms with E-state index in [1.165, 1.54) is 12.1 Å². The number of aliphatic hydroxyl groups is 1. The molecule has 1 unspecified atom stereocenters. The molecule has 0 aliphatic rings. The van der Waals surface area contributed by atoms with Gasteiger partial charge in [0.15, 0.2) is 0 Å². The number of benzene rings is 2. The summed E-state index contributed by atoms with van der Waals surface area (Å²) in [5.74, 6) is -0.672. The molecule has 1 atom stereocenters. The van der Waals surface area contributed by atoms with Crippen LogP contribution in [0, 0.1) is 5.82 Å². The molecule has 0 aliphatic carbocycles. The second-order valence-electron chi connectivity index (χ2n) is 3.84. The van der Waals surface area contributed by atoms with Crippen molar-refractivity contribution in [3.63, 3.8) is 0 Å². The minimum atomic E-state index is -1.17. The van der Waals surface area contributed by atoms with Crippen LogP contribution in [0.3, 0.4) is 0 Å². The Kier molecular flexibility index (Phi) is 4.75. The maximum absolute atomic E-state index is 14.0. The van der Waals surface area contributed by atoms with Gasteiger partial charge in [-0.05, 0) is 39.7 Å². The second kappa shape index (κ2) is 5.98. The van der Waals surface area contributed by atoms with Crippen LogP contribution < -0.4 is 0 Å². The van der Waals surface area contributed by atoms with Crippen LogP contribution in [0.15, 0.2) is 34.8 Å². The van der Waals surface area contributed by atoms with Crippen molar-refractivity contribution >= 4 is 50.7 Å². The van der Waals surface area contributed by atoms with Crippen molar-refractivity contribution in [1.82, 2.24) is 0 Å². The standard InChI is InChI=1S/C13H7BrCl3FO/c14-8-3-2-7(12(18)11(8)17)13(19)6-1-4-9(15)10(16)5-6/h1-5,13,19H. The third-order valence-corrected chi connectivity index (χ3v) is 4.62. The third kappa shape index (κ3) is 3.06. The van der Waals surface area contributed by atoms with Crippen molar-refractivity contribution in [3.8, 4) is 0 Å². The molecule has 0 radical (unpaired) electrons. The van der Waals surface area contributed by atoms with Gasteiger partial charge in [0.1, 0.15) is 11.9 Å². The minimum absolute atomic E-state index is 0.0726. The fraction of sp³-hybridized carbons (Fsp3) is 0.0769. The third-order valence-electron chi connectivity index (χ3n) is 2.62. The highest BCUT2D eigenvalue weighted by atomic mass is 79.9. The maximum Gasteiger partial charge on any atom is 0.149 e. The molecule has 19 heavy (non-hydrogen) atoms. The quantitative estimate of drug-likeness (QED) is 0.666. The van der Waals surface area contributed by atoms with Crippen molar-refractivity contribution in [2.45, 2.75) is 6.10 Å². The Balaban J connectivity index is 2.47. The summed E-state index contributed by atoms with van der Waals surface area (Å²) in [5.41, 5.74) is 0.512. The molecule has 0 spiro atoms. The van der Waals surface area contributed by atoms with E-state index in [4.69, 9.17) is 34.8 Å². The van der Waals surface area contributed by atoms with Gasteiger partial charge in [-0.3, -0.25) is 0 Å². The molecule has 0 saturated carbocycles. The Hall–Kier alpha value is -0.320. The Morgan fingerprint density at radius 2 is 1.74 bits per heavy atom. The van der Waals surface area contributed by atoms with Gasteiger partial charge in [0.2, 0.25) is 0 Å². The Morgan fingerprint density at radius 3 is 2.37 bits per heavy atom. The second-order valence-corrected chi connectivity index (χ2v) is 5.89. The first-order valence-electron chi connectivity index (χ1n) is 5.18. The van der Waals surface area contributed by atoms with Gasteiger partial charge in [-0.1, -0.05) is 46.9 Å². The van der Waals surface area contributed by atoms with Gasteiger partial charge in [-0.15, -0.1) is 0 Å². The van der Waals surface area contributed by atoms with Crippen LogP contribution in [0.1, 0.15) is 17.2 Å². The number of aliphatic hydroxyl groups excluding tert-OH is 1. The lowest BCUT2D eigenvalue weighted by Crippen LogP contribution is -2.03. The summed E-state index contributed by atoms with van der Waals surface area (Å²) in [4.78, 5) is 0. The van der Waals surface area contributed by atoms with Crippen LogP contribution in [-0.2, 0) is 0 Å². The highest BCUT2D eigenvalue weighted by molar-refractivity contribution is 9.10. The van der Waals surface area contributed by atoms with Gasteiger partial charge in [0.05, 0.1) is 15.1 Å². The predicted octanol–water partition coefficient (Wildman–Crippen LogP) is 5.63. The average molecular weight is 384 g/mol. The molecular formula is C13H7BrCl3FO. The lowest BCUT2D eigenvalue weighted by molar-refractivity contribution is 0.215. The first-order chi connectivity index (χ1) is 8.91. The topological polar surface area (TPSA) is 20.2 Å². The van der Waals surface area contributed by atoms with Crippen LogP contribution in [0.25, 0.3) is 0 Å². The highest BCUT2D eigenvalue weighted by Gasteiger charge is 2.19. The Morgan fingerprint density at radius 1 is 1.05 bits per heavy atom. The molecule has 2 aromatic carbocycles. The average Bonchev–Trinajstić information content (AvgIpc) is 2.39. The molecule has 0 fully saturated rings. The first kappa shape index (κ1) is 15.1. The van der Waals surface area contributed by atoms with Crippen molar-refractivity contribution in [1.29, 1.82) is 0 Å². The monoisotopic (exact) mass is 382 g/mol. The summed E-state index contributed by atoms with van der Waals surface area (Å²) in [5, 5.41) is 10.8. The number of hydrogen-bond acceptors (Lipinski definition) is 1. The number of hydrogen-bond donors (Lipinski definition) is 1. The van der Waals surface area contributed by atoms with E-state index in [1.54, 1.807) is 18.2 Å². The summed E-state index contributed by atoms with van der Waals surface area (Å²) >= 11 is 20.6. The van der Waals surface area contributed by atoms with Crippen molar-refractivity contribution < 1.29 is 9.50 Å². The summed E-state index contributed by atoms with van der Waals surface area (Å²) < 4.78 is 14.4. The molecule has 6 heteroatoms. The molecule has 0 aromatic heterocycles. The van der Waals surface area contributed by atoms with E-state index in [2.05, 4.69) is 15.9 Å². The summed E-state index contributed by atoms with van der Waals surface area (Å²) in [6.45, 7) is 0. The Bertz CT molecular complexity index is 634. The van der Waals surface area contributed by atoms with Crippen LogP contribution in [-0.4, -0.2) is 5.11 Å². The lowest BCUT2D eigenvalue weighted by Gasteiger charge is -2.14. The zero-order valence-electron chi connectivity index (χ0n) is 9.30. The van der Waals surface area contributed by atoms with Gasteiger partial charge < -0.3 is 5.11 Å². The van der Waals surface area contributed by atoms with Gasteiger partial charge in [0.25, 0.3) is 0 Å². The van der Waals surface area contributed by atoms with Crippen molar-refractivity contribution in [2.75, 3.05) is 0 Å². The maximum atomic E-state index is 14.0. The SMILES string of the molecule is OC(c1ccc(Cl)c(Cl)c1)c1ccc(Br)c(Cl)c1F. The number of halogens is 5. The first-order valence-corrected chi connectivity index (χ1v) is 7.11. The van der Waals surface area contributed by atoms with E-state index in [1.807, 2.05) is 0 Å². The fourth-order valence-electron chi connectivity index (χ4n) is 1.61. The number of rotatable bonds is 2. The molecular weight excluding hydrogens is 377 g/mol. The van der Waals surface area contributed by atoms with E-state index in [0.717, 1.165) is 0 Å². The lowest BCUT2D eigenvalue weighted by atomic mass is 10.0. The predicted molar refractivity (Wildman–Crippen MR) is 79.6 cm³/mol. The smallest absolute Gasteiger partial charge is 0.149 e. The molecule has 0 heterocycles. The zero-order valence-corrected chi connectivity index (χ0v) is 13.2. The van der Waals surface area contributed by atoms with E-state index in [9.17, 15) is 9.50 Å². The van der Waals surface area contributed by atoms with Crippen LogP contribution in [0.5, 0.6) is 0 Å². The molecule has 100 valence electrons. The van der Waals surface area contributed by atoms with Crippen molar-refractivity contribution in [2.24, 2.45) is 0 Å². The van der Waals surface area contributed by atoms with E-state index < -0.39 is 11.9 Å². The van der Waals surface area contributed by atoms with E-state index >= 15 is 0 Å². The summed E-state index contributed by atoms with van der Waals surface area (Å²) in [6, 6.07) is 7.64. The van der Waals surface area contributed by atoms with E-state index in [-0.39, 0.29) is 10.6 Å². The van der Waals surface area contributed by atoms with Gasteiger partial charge in [-0.25, -0.2) is 4.39 Å². The largest absolute Gasteiger partial charge is 0.384 e. The minimum Gasteiger partial charge on any atom is -0.384 e. The summed E-state index contributed by atoms with van der Waals surface area (Å²) in [7, 11) is 0. The summed E-state index contributed by atoms with van der Waals surface area (Å²) in [6.07, 6.45) is -1.17. The molecule has 1 nitrogen and oxygen atoms in total. The molecule has 2 aromatic rings. The van der Waals surface area contributed by atoms with Crippen LogP contribution in [0.2, 0.25) is 15.1 Å². The highest BCUT2D eigenvalue weighted by Crippen LogP contribution is 2.34. The molecule has 0 bridgehead atoms. The van der Waals surface area contributed by atoms with E-state index in [0.29, 0.717) is 20.1 Å². The van der Waals surface area contributed by atoms with Gasteiger partial charge >= 0.3 is 0 Å². The molecule has 0 saturated heterocycles. The Labute approximate surface area is 133 Å². The molecule has 0 amide bonds.